The van der Waals surface area contributed by atoms with E-state index < -0.39 is 16.7 Å². The number of nitrogens with one attached hydrogen (secondary N) is 1. The Labute approximate surface area is 149 Å². The molecular formula is C17H17N5O4. The van der Waals surface area contributed by atoms with Crippen LogP contribution in [-0.2, 0) is 9.59 Å². The molecule has 2 heterocycles. The summed E-state index contributed by atoms with van der Waals surface area (Å²) in [7, 11) is 0. The molecule has 1 aliphatic rings. The smallest absolute Gasteiger partial charge is 0.314 e. The average Bonchev–Trinajstić information content (AvgIpc) is 2.68. The van der Waals surface area contributed by atoms with Crippen LogP contribution in [0.3, 0.4) is 0 Å². The first kappa shape index (κ1) is 17.3. The summed E-state index contributed by atoms with van der Waals surface area (Å²) in [6, 6.07) is 11.3. The van der Waals surface area contributed by atoms with Gasteiger partial charge in [0.25, 0.3) is 5.69 Å². The highest BCUT2D eigenvalue weighted by molar-refractivity contribution is 6.39. The van der Waals surface area contributed by atoms with Gasteiger partial charge in [-0.15, -0.1) is 0 Å². The Morgan fingerprint density at radius 3 is 2.38 bits per heavy atom. The molecule has 1 aliphatic heterocycles. The Morgan fingerprint density at radius 1 is 1.04 bits per heavy atom. The minimum absolute atomic E-state index is 0.00275. The van der Waals surface area contributed by atoms with Crippen LogP contribution >= 0.6 is 0 Å². The number of hydrogen-bond donors (Lipinski definition) is 1. The number of nitro groups is 1. The molecule has 2 amide bonds. The van der Waals surface area contributed by atoms with Crippen LogP contribution in [0, 0.1) is 10.1 Å². The summed E-state index contributed by atoms with van der Waals surface area (Å²) in [6.45, 7) is 1.86. The molecule has 0 radical (unpaired) electrons. The summed E-state index contributed by atoms with van der Waals surface area (Å²) in [6.07, 6.45) is 1.70. The van der Waals surface area contributed by atoms with Crippen molar-refractivity contribution in [3.05, 3.63) is 58.8 Å². The van der Waals surface area contributed by atoms with Crippen molar-refractivity contribution in [3.63, 3.8) is 0 Å². The first-order chi connectivity index (χ1) is 12.6. The molecule has 0 atom stereocenters. The number of carbonyl (C=O) groups is 2. The topological polar surface area (TPSA) is 109 Å². The normalized spacial score (nSPS) is 14.0. The molecule has 0 unspecified atom stereocenters. The SMILES string of the molecule is O=C(Nc1ccccc1[N+](=O)[O-])C(=O)N1CCN(c2ccccn2)CC1. The fourth-order valence-electron chi connectivity index (χ4n) is 2.74. The van der Waals surface area contributed by atoms with E-state index in [1.54, 1.807) is 12.3 Å². The predicted octanol–water partition coefficient (Wildman–Crippen LogP) is 1.28. The summed E-state index contributed by atoms with van der Waals surface area (Å²) < 4.78 is 0. The van der Waals surface area contributed by atoms with Crippen LogP contribution in [0.1, 0.15) is 0 Å². The van der Waals surface area contributed by atoms with Gasteiger partial charge in [-0.3, -0.25) is 19.7 Å². The van der Waals surface area contributed by atoms with Gasteiger partial charge in [-0.25, -0.2) is 4.98 Å². The molecular weight excluding hydrogens is 338 g/mol. The largest absolute Gasteiger partial charge is 0.353 e. The maximum Gasteiger partial charge on any atom is 0.314 e. The number of aromatic nitrogens is 1. The molecule has 26 heavy (non-hydrogen) atoms. The van der Waals surface area contributed by atoms with Crippen molar-refractivity contribution in [2.24, 2.45) is 0 Å². The Morgan fingerprint density at radius 2 is 1.73 bits per heavy atom. The first-order valence-electron chi connectivity index (χ1n) is 8.06. The maximum atomic E-state index is 12.3. The molecule has 1 N–H and O–H groups in total. The highest BCUT2D eigenvalue weighted by Crippen LogP contribution is 2.23. The highest BCUT2D eigenvalue weighted by Gasteiger charge is 2.27. The molecule has 1 aromatic heterocycles. The van der Waals surface area contributed by atoms with Gasteiger partial charge in [0.15, 0.2) is 0 Å². The summed E-state index contributed by atoms with van der Waals surface area (Å²) in [5, 5.41) is 13.3. The molecule has 0 bridgehead atoms. The van der Waals surface area contributed by atoms with E-state index in [1.165, 1.54) is 23.1 Å². The summed E-state index contributed by atoms with van der Waals surface area (Å²) in [5.41, 5.74) is -0.253. The zero-order valence-electron chi connectivity index (χ0n) is 13.9. The number of pyridine rings is 1. The maximum absolute atomic E-state index is 12.3. The molecule has 3 rings (SSSR count). The van der Waals surface area contributed by atoms with Crippen molar-refractivity contribution in [1.82, 2.24) is 9.88 Å². The van der Waals surface area contributed by atoms with E-state index in [4.69, 9.17) is 0 Å². The number of rotatable bonds is 3. The number of benzene rings is 1. The van der Waals surface area contributed by atoms with Gasteiger partial charge < -0.3 is 15.1 Å². The monoisotopic (exact) mass is 355 g/mol. The number of carbonyl (C=O) groups excluding carboxylic acids is 2. The van der Waals surface area contributed by atoms with Gasteiger partial charge in [0.1, 0.15) is 11.5 Å². The van der Waals surface area contributed by atoms with Gasteiger partial charge in [-0.2, -0.15) is 0 Å². The number of amides is 2. The second-order valence-corrected chi connectivity index (χ2v) is 5.70. The summed E-state index contributed by atoms with van der Waals surface area (Å²) in [5.74, 6) is -0.765. The van der Waals surface area contributed by atoms with Crippen LogP contribution < -0.4 is 10.2 Å². The van der Waals surface area contributed by atoms with Crippen molar-refractivity contribution >= 4 is 29.0 Å². The number of anilines is 2. The third-order valence-corrected chi connectivity index (χ3v) is 4.08. The molecule has 2 aromatic rings. The molecule has 0 aliphatic carbocycles. The van der Waals surface area contributed by atoms with Crippen LogP contribution in [-0.4, -0.2) is 52.8 Å². The Balaban J connectivity index is 1.60. The molecule has 0 spiro atoms. The van der Waals surface area contributed by atoms with Crippen LogP contribution in [0.15, 0.2) is 48.7 Å². The van der Waals surface area contributed by atoms with E-state index in [-0.39, 0.29) is 11.4 Å². The van der Waals surface area contributed by atoms with E-state index in [9.17, 15) is 19.7 Å². The van der Waals surface area contributed by atoms with E-state index in [1.807, 2.05) is 23.1 Å². The van der Waals surface area contributed by atoms with Crippen molar-refractivity contribution in [1.29, 1.82) is 0 Å². The van der Waals surface area contributed by atoms with Crippen LogP contribution in [0.4, 0.5) is 17.2 Å². The van der Waals surface area contributed by atoms with Gasteiger partial charge in [0.2, 0.25) is 0 Å². The van der Waals surface area contributed by atoms with E-state index in [2.05, 4.69) is 10.3 Å². The lowest BCUT2D eigenvalue weighted by molar-refractivity contribution is -0.383. The standard InChI is InChI=1S/C17H17N5O4/c23-16(19-13-5-1-2-6-14(13)22(25)26)17(24)21-11-9-20(10-12-21)15-7-3-4-8-18-15/h1-8H,9-12H2,(H,19,23). The van der Waals surface area contributed by atoms with Crippen LogP contribution in [0.5, 0.6) is 0 Å². The fraction of sp³-hybridized carbons (Fsp3) is 0.235. The number of nitro benzene ring substituents is 1. The Hall–Kier alpha value is -3.49. The van der Waals surface area contributed by atoms with E-state index >= 15 is 0 Å². The third kappa shape index (κ3) is 3.77. The molecule has 1 aromatic carbocycles. The van der Waals surface area contributed by atoms with Crippen molar-refractivity contribution in [2.75, 3.05) is 36.4 Å². The molecule has 9 nitrogen and oxygen atoms in total. The van der Waals surface area contributed by atoms with Crippen molar-refractivity contribution in [3.8, 4) is 0 Å². The van der Waals surface area contributed by atoms with Gasteiger partial charge in [-0.1, -0.05) is 18.2 Å². The minimum atomic E-state index is -0.884. The first-order valence-corrected chi connectivity index (χ1v) is 8.06. The number of piperazine rings is 1. The van der Waals surface area contributed by atoms with Gasteiger partial charge in [-0.05, 0) is 18.2 Å². The zero-order chi connectivity index (χ0) is 18.5. The quantitative estimate of drug-likeness (QED) is 0.505. The van der Waals surface area contributed by atoms with Crippen molar-refractivity contribution < 1.29 is 14.5 Å². The summed E-state index contributed by atoms with van der Waals surface area (Å²) in [4.78, 5) is 42.6. The van der Waals surface area contributed by atoms with Crippen molar-refractivity contribution in [2.45, 2.75) is 0 Å². The van der Waals surface area contributed by atoms with E-state index in [0.29, 0.717) is 26.2 Å². The lowest BCUT2D eigenvalue weighted by Crippen LogP contribution is -2.51. The Bertz CT molecular complexity index is 819. The Kier molecular flexibility index (Phi) is 5.07. The lowest BCUT2D eigenvalue weighted by atomic mass is 10.2. The second-order valence-electron chi connectivity index (χ2n) is 5.70. The van der Waals surface area contributed by atoms with Gasteiger partial charge >= 0.3 is 11.8 Å². The highest BCUT2D eigenvalue weighted by atomic mass is 16.6. The molecule has 9 heteroatoms. The van der Waals surface area contributed by atoms with Crippen LogP contribution in [0.25, 0.3) is 0 Å². The molecule has 134 valence electrons. The molecule has 1 saturated heterocycles. The van der Waals surface area contributed by atoms with Crippen LogP contribution in [0.2, 0.25) is 0 Å². The van der Waals surface area contributed by atoms with Gasteiger partial charge in [0.05, 0.1) is 4.92 Å². The van der Waals surface area contributed by atoms with Gasteiger partial charge in [0, 0.05) is 38.4 Å². The number of para-hydroxylation sites is 2. The number of nitrogens with zero attached hydrogens (tertiary/aromatic N) is 4. The average molecular weight is 355 g/mol. The van der Waals surface area contributed by atoms with E-state index in [0.717, 1.165) is 5.82 Å². The molecule has 0 saturated carbocycles. The zero-order valence-corrected chi connectivity index (χ0v) is 13.9. The fourth-order valence-corrected chi connectivity index (χ4v) is 2.74. The minimum Gasteiger partial charge on any atom is -0.353 e. The predicted molar refractivity (Wildman–Crippen MR) is 94.8 cm³/mol. The number of hydrogen-bond acceptors (Lipinski definition) is 6. The molecule has 1 fully saturated rings. The third-order valence-electron chi connectivity index (χ3n) is 4.08. The second kappa shape index (κ2) is 7.60. The summed E-state index contributed by atoms with van der Waals surface area (Å²) >= 11 is 0. The lowest BCUT2D eigenvalue weighted by Gasteiger charge is -2.34.